The van der Waals surface area contributed by atoms with Crippen LogP contribution in [-0.2, 0) is 11.3 Å². The third-order valence-electron chi connectivity index (χ3n) is 3.09. The Morgan fingerprint density at radius 2 is 2.00 bits per heavy atom. The average Bonchev–Trinajstić information content (AvgIpc) is 2.45. The Morgan fingerprint density at radius 3 is 2.60 bits per heavy atom. The van der Waals surface area contributed by atoms with Gasteiger partial charge in [0, 0.05) is 31.2 Å². The van der Waals surface area contributed by atoms with Gasteiger partial charge in [-0.15, -0.1) is 0 Å². The Hall–Kier alpha value is -2.36. The molecule has 0 radical (unpaired) electrons. The van der Waals surface area contributed by atoms with E-state index >= 15 is 0 Å². The van der Waals surface area contributed by atoms with Crippen LogP contribution in [0.15, 0.2) is 48.8 Å². The predicted octanol–water partition coefficient (Wildman–Crippen LogP) is 2.87. The number of rotatable bonds is 6. The quantitative estimate of drug-likeness (QED) is 0.877. The molecule has 0 bridgehead atoms. The lowest BCUT2D eigenvalue weighted by molar-refractivity contribution is -0.136. The van der Waals surface area contributed by atoms with Crippen LogP contribution in [0, 0.1) is 6.92 Å². The van der Waals surface area contributed by atoms with Crippen molar-refractivity contribution in [3.63, 3.8) is 0 Å². The van der Waals surface area contributed by atoms with Gasteiger partial charge in [-0.25, -0.2) is 0 Å². The lowest BCUT2D eigenvalue weighted by Gasteiger charge is -2.24. The summed E-state index contributed by atoms with van der Waals surface area (Å²) in [7, 11) is 0. The highest BCUT2D eigenvalue weighted by molar-refractivity contribution is 5.67. The molecular weight excluding hydrogens is 252 g/mol. The number of carboxylic acid groups (broad SMARTS) is 1. The number of nitrogens with zero attached hydrogens (tertiary/aromatic N) is 2. The molecule has 0 unspecified atom stereocenters. The van der Waals surface area contributed by atoms with Gasteiger partial charge in [0.25, 0.3) is 0 Å². The monoisotopic (exact) mass is 270 g/mol. The molecule has 1 N–H and O–H groups in total. The summed E-state index contributed by atoms with van der Waals surface area (Å²) in [6, 6.07) is 12.0. The molecule has 0 saturated carbocycles. The molecule has 1 aromatic heterocycles. The molecule has 0 amide bonds. The van der Waals surface area contributed by atoms with E-state index < -0.39 is 5.97 Å². The van der Waals surface area contributed by atoms with Gasteiger partial charge in [-0.3, -0.25) is 9.78 Å². The maximum Gasteiger partial charge on any atom is 0.305 e. The SMILES string of the molecule is Cc1ccc(N(CCC(=O)O)Cc2cccnc2)cc1. The van der Waals surface area contributed by atoms with Gasteiger partial charge in [0.05, 0.1) is 6.42 Å². The third-order valence-corrected chi connectivity index (χ3v) is 3.09. The molecule has 1 heterocycles. The third kappa shape index (κ3) is 4.09. The van der Waals surface area contributed by atoms with Gasteiger partial charge in [0.1, 0.15) is 0 Å². The van der Waals surface area contributed by atoms with Gasteiger partial charge in [-0.2, -0.15) is 0 Å². The van der Waals surface area contributed by atoms with Crippen LogP contribution in [0.1, 0.15) is 17.5 Å². The van der Waals surface area contributed by atoms with E-state index in [2.05, 4.69) is 9.88 Å². The zero-order valence-electron chi connectivity index (χ0n) is 11.5. The Kier molecular flexibility index (Phi) is 4.71. The molecule has 0 aliphatic heterocycles. The number of carbonyl (C=O) groups is 1. The average molecular weight is 270 g/mol. The van der Waals surface area contributed by atoms with E-state index in [0.29, 0.717) is 13.1 Å². The Morgan fingerprint density at radius 1 is 1.25 bits per heavy atom. The van der Waals surface area contributed by atoms with Gasteiger partial charge in [-0.1, -0.05) is 23.8 Å². The van der Waals surface area contributed by atoms with Crippen molar-refractivity contribution < 1.29 is 9.90 Å². The molecular formula is C16H18N2O2. The normalized spacial score (nSPS) is 10.2. The van der Waals surface area contributed by atoms with Crippen molar-refractivity contribution in [2.24, 2.45) is 0 Å². The number of pyridine rings is 1. The highest BCUT2D eigenvalue weighted by Crippen LogP contribution is 2.18. The number of hydrogen-bond donors (Lipinski definition) is 1. The molecule has 0 saturated heterocycles. The fourth-order valence-electron chi connectivity index (χ4n) is 2.00. The summed E-state index contributed by atoms with van der Waals surface area (Å²) in [6.07, 6.45) is 3.66. The Bertz CT molecular complexity index is 552. The first-order valence-electron chi connectivity index (χ1n) is 6.57. The summed E-state index contributed by atoms with van der Waals surface area (Å²) < 4.78 is 0. The van der Waals surface area contributed by atoms with Crippen molar-refractivity contribution in [2.45, 2.75) is 19.9 Å². The van der Waals surface area contributed by atoms with E-state index in [1.165, 1.54) is 5.56 Å². The molecule has 20 heavy (non-hydrogen) atoms. The largest absolute Gasteiger partial charge is 0.481 e. The Labute approximate surface area is 118 Å². The highest BCUT2D eigenvalue weighted by atomic mass is 16.4. The minimum absolute atomic E-state index is 0.119. The van der Waals surface area contributed by atoms with Crippen LogP contribution in [-0.4, -0.2) is 22.6 Å². The summed E-state index contributed by atoms with van der Waals surface area (Å²) in [6.45, 7) is 3.17. The minimum Gasteiger partial charge on any atom is -0.481 e. The second-order valence-corrected chi connectivity index (χ2v) is 4.76. The molecule has 0 atom stereocenters. The summed E-state index contributed by atoms with van der Waals surface area (Å²) in [5.74, 6) is -0.784. The van der Waals surface area contributed by atoms with Crippen molar-refractivity contribution in [2.75, 3.05) is 11.4 Å². The van der Waals surface area contributed by atoms with Crippen molar-refractivity contribution in [3.05, 3.63) is 59.9 Å². The second kappa shape index (κ2) is 6.70. The van der Waals surface area contributed by atoms with Crippen molar-refractivity contribution in [1.82, 2.24) is 4.98 Å². The van der Waals surface area contributed by atoms with Gasteiger partial charge in [0.2, 0.25) is 0 Å². The lowest BCUT2D eigenvalue weighted by Crippen LogP contribution is -2.25. The van der Waals surface area contributed by atoms with Crippen LogP contribution in [0.2, 0.25) is 0 Å². The van der Waals surface area contributed by atoms with Crippen molar-refractivity contribution in [1.29, 1.82) is 0 Å². The fraction of sp³-hybridized carbons (Fsp3) is 0.250. The molecule has 1 aromatic carbocycles. The molecule has 104 valence electrons. The van der Waals surface area contributed by atoms with Crippen LogP contribution in [0.4, 0.5) is 5.69 Å². The van der Waals surface area contributed by atoms with E-state index in [9.17, 15) is 4.79 Å². The molecule has 2 rings (SSSR count). The number of aryl methyl sites for hydroxylation is 1. The van der Waals surface area contributed by atoms with E-state index in [-0.39, 0.29) is 6.42 Å². The van der Waals surface area contributed by atoms with Gasteiger partial charge < -0.3 is 10.0 Å². The first kappa shape index (κ1) is 14.1. The summed E-state index contributed by atoms with van der Waals surface area (Å²) in [5.41, 5.74) is 3.28. The van der Waals surface area contributed by atoms with Gasteiger partial charge in [-0.05, 0) is 30.7 Å². The second-order valence-electron chi connectivity index (χ2n) is 4.76. The number of aliphatic carboxylic acids is 1. The lowest BCUT2D eigenvalue weighted by atomic mass is 10.2. The molecule has 0 spiro atoms. The smallest absolute Gasteiger partial charge is 0.305 e. The predicted molar refractivity (Wildman–Crippen MR) is 78.7 cm³/mol. The zero-order chi connectivity index (χ0) is 14.4. The molecule has 0 fully saturated rings. The van der Waals surface area contributed by atoms with Crippen molar-refractivity contribution in [3.8, 4) is 0 Å². The van der Waals surface area contributed by atoms with Crippen molar-refractivity contribution >= 4 is 11.7 Å². The van der Waals surface area contributed by atoms with Crippen LogP contribution in [0.3, 0.4) is 0 Å². The number of carboxylic acids is 1. The summed E-state index contributed by atoms with van der Waals surface area (Å²) in [4.78, 5) is 17.0. The molecule has 4 nitrogen and oxygen atoms in total. The number of aromatic nitrogens is 1. The standard InChI is InChI=1S/C16H18N2O2/c1-13-4-6-15(7-5-13)18(10-8-16(19)20)12-14-3-2-9-17-11-14/h2-7,9,11H,8,10,12H2,1H3,(H,19,20). The van der Waals surface area contributed by atoms with E-state index in [1.54, 1.807) is 6.20 Å². The Balaban J connectivity index is 2.15. The molecule has 2 aromatic rings. The number of benzene rings is 1. The topological polar surface area (TPSA) is 53.4 Å². The first-order chi connectivity index (χ1) is 9.65. The fourth-order valence-corrected chi connectivity index (χ4v) is 2.00. The molecule has 4 heteroatoms. The summed E-state index contributed by atoms with van der Waals surface area (Å²) in [5, 5.41) is 8.88. The first-order valence-corrected chi connectivity index (χ1v) is 6.57. The minimum atomic E-state index is -0.784. The van der Waals surface area contributed by atoms with Crippen LogP contribution in [0.5, 0.6) is 0 Å². The maximum atomic E-state index is 10.8. The molecule has 0 aliphatic carbocycles. The summed E-state index contributed by atoms with van der Waals surface area (Å²) >= 11 is 0. The number of hydrogen-bond acceptors (Lipinski definition) is 3. The van der Waals surface area contributed by atoms with Crippen LogP contribution < -0.4 is 4.90 Å². The maximum absolute atomic E-state index is 10.8. The van der Waals surface area contributed by atoms with Gasteiger partial charge >= 0.3 is 5.97 Å². The van der Waals surface area contributed by atoms with E-state index in [0.717, 1.165) is 11.3 Å². The van der Waals surface area contributed by atoms with E-state index in [1.807, 2.05) is 49.5 Å². The number of anilines is 1. The van der Waals surface area contributed by atoms with E-state index in [4.69, 9.17) is 5.11 Å². The highest BCUT2D eigenvalue weighted by Gasteiger charge is 2.09. The van der Waals surface area contributed by atoms with Gasteiger partial charge in [0.15, 0.2) is 0 Å². The van der Waals surface area contributed by atoms with Crippen LogP contribution in [0.25, 0.3) is 0 Å². The van der Waals surface area contributed by atoms with Crippen LogP contribution >= 0.6 is 0 Å². The molecule has 0 aliphatic rings. The zero-order valence-corrected chi connectivity index (χ0v) is 11.5.